The van der Waals surface area contributed by atoms with Crippen molar-refractivity contribution in [3.63, 3.8) is 0 Å². The number of rotatable bonds is 3. The zero-order valence-electron chi connectivity index (χ0n) is 10.6. The number of aliphatic carboxylic acids is 1. The lowest BCUT2D eigenvalue weighted by Gasteiger charge is -1.98. The van der Waals surface area contributed by atoms with Gasteiger partial charge in [-0.1, -0.05) is 0 Å². The number of aryl methyl sites for hydroxylation is 1. The average molecular weight is 259 g/mol. The summed E-state index contributed by atoms with van der Waals surface area (Å²) in [5.74, 6) is 0.621. The third kappa shape index (κ3) is 1.72. The van der Waals surface area contributed by atoms with Crippen molar-refractivity contribution < 1.29 is 14.6 Å². The Bertz CT molecular complexity index is 785. The number of methoxy groups -OCH3 is 1. The van der Waals surface area contributed by atoms with Crippen LogP contribution >= 0.6 is 0 Å². The molecule has 0 amide bonds. The van der Waals surface area contributed by atoms with E-state index >= 15 is 0 Å². The van der Waals surface area contributed by atoms with Crippen LogP contribution in [0.2, 0.25) is 0 Å². The van der Waals surface area contributed by atoms with Crippen LogP contribution < -0.4 is 4.74 Å². The molecule has 0 aliphatic carbocycles. The molecular weight excluding hydrogens is 246 g/mol. The van der Waals surface area contributed by atoms with Crippen molar-refractivity contribution in [2.75, 3.05) is 7.11 Å². The number of hydrogen-bond donors (Lipinski definition) is 1. The van der Waals surface area contributed by atoms with Gasteiger partial charge in [-0.05, 0) is 12.1 Å². The lowest BCUT2D eigenvalue weighted by molar-refractivity contribution is -0.136. The molecule has 0 aliphatic heterocycles. The largest absolute Gasteiger partial charge is 0.497 e. The molecule has 0 spiro atoms. The smallest absolute Gasteiger partial charge is 0.309 e. The molecule has 3 rings (SSSR count). The Morgan fingerprint density at radius 3 is 2.95 bits per heavy atom. The van der Waals surface area contributed by atoms with Crippen LogP contribution in [0.15, 0.2) is 24.4 Å². The van der Waals surface area contributed by atoms with Gasteiger partial charge in [-0.3, -0.25) is 9.20 Å². The van der Waals surface area contributed by atoms with Gasteiger partial charge >= 0.3 is 5.97 Å². The molecule has 0 bridgehead atoms. The van der Waals surface area contributed by atoms with E-state index in [4.69, 9.17) is 9.84 Å². The van der Waals surface area contributed by atoms with Gasteiger partial charge in [0.05, 0.1) is 24.6 Å². The van der Waals surface area contributed by atoms with Crippen molar-refractivity contribution >= 4 is 22.8 Å². The van der Waals surface area contributed by atoms with E-state index in [2.05, 4.69) is 4.98 Å². The normalized spacial score (nSPS) is 11.3. The van der Waals surface area contributed by atoms with Gasteiger partial charge in [0.15, 0.2) is 0 Å². The molecule has 2 aromatic heterocycles. The minimum atomic E-state index is -0.852. The molecule has 0 radical (unpaired) electrons. The summed E-state index contributed by atoms with van der Waals surface area (Å²) < 4.78 is 8.86. The molecule has 2 heterocycles. The molecule has 0 unspecified atom stereocenters. The fourth-order valence-electron chi connectivity index (χ4n) is 2.24. The summed E-state index contributed by atoms with van der Waals surface area (Å²) in [6.07, 6.45) is 1.79. The summed E-state index contributed by atoms with van der Waals surface area (Å²) in [5, 5.41) is 8.88. The summed E-state index contributed by atoms with van der Waals surface area (Å²) in [4.78, 5) is 15.3. The second kappa shape index (κ2) is 4.01. The number of carbonyl (C=O) groups is 1. The Labute approximate surface area is 108 Å². The van der Waals surface area contributed by atoms with Gasteiger partial charge in [0.1, 0.15) is 5.75 Å². The quantitative estimate of drug-likeness (QED) is 0.773. The Morgan fingerprint density at radius 2 is 2.26 bits per heavy atom. The Kier molecular flexibility index (Phi) is 2.45. The van der Waals surface area contributed by atoms with Crippen LogP contribution in [-0.4, -0.2) is 32.1 Å². The number of aromatic nitrogens is 3. The number of fused-ring (bicyclic) bond motifs is 3. The minimum absolute atomic E-state index is 0.0164. The first-order valence-electron chi connectivity index (χ1n) is 5.82. The van der Waals surface area contributed by atoms with Crippen LogP contribution in [0.4, 0.5) is 0 Å². The number of ether oxygens (including phenoxy) is 1. The van der Waals surface area contributed by atoms with Crippen LogP contribution in [0.5, 0.6) is 5.75 Å². The highest BCUT2D eigenvalue weighted by molar-refractivity contribution is 5.81. The predicted octanol–water partition coefficient (Wildman–Crippen LogP) is 1.46. The van der Waals surface area contributed by atoms with Gasteiger partial charge in [0.25, 0.3) is 0 Å². The molecule has 0 aliphatic rings. The van der Waals surface area contributed by atoms with E-state index in [1.54, 1.807) is 11.7 Å². The van der Waals surface area contributed by atoms with Crippen molar-refractivity contribution in [1.82, 2.24) is 14.0 Å². The van der Waals surface area contributed by atoms with Gasteiger partial charge < -0.3 is 14.4 Å². The fraction of sp³-hybridized carbons (Fsp3) is 0.231. The van der Waals surface area contributed by atoms with E-state index in [1.807, 2.05) is 35.8 Å². The topological polar surface area (TPSA) is 68.8 Å². The monoisotopic (exact) mass is 259 g/mol. The van der Waals surface area contributed by atoms with Crippen LogP contribution in [0.3, 0.4) is 0 Å². The lowest BCUT2D eigenvalue weighted by atomic mass is 10.3. The van der Waals surface area contributed by atoms with Gasteiger partial charge in [0.2, 0.25) is 5.78 Å². The number of carboxylic acid groups (broad SMARTS) is 1. The minimum Gasteiger partial charge on any atom is -0.497 e. The Balaban J connectivity index is 2.23. The highest BCUT2D eigenvalue weighted by atomic mass is 16.5. The first-order valence-corrected chi connectivity index (χ1v) is 5.82. The predicted molar refractivity (Wildman–Crippen MR) is 69.6 cm³/mol. The molecule has 0 saturated heterocycles. The maximum Gasteiger partial charge on any atom is 0.309 e. The van der Waals surface area contributed by atoms with Gasteiger partial charge in [0, 0.05) is 25.0 Å². The fourth-order valence-corrected chi connectivity index (χ4v) is 2.24. The highest BCUT2D eigenvalue weighted by Gasteiger charge is 2.14. The Hall–Kier alpha value is -2.50. The number of benzene rings is 1. The van der Waals surface area contributed by atoms with Gasteiger partial charge in [-0.2, -0.15) is 0 Å². The molecular formula is C13H13N3O3. The summed E-state index contributed by atoms with van der Waals surface area (Å²) in [5.41, 5.74) is 2.47. The standard InChI is InChI=1S/C13H13N3O3/c1-15-8(5-12(17)18)7-16-11-4-3-9(19-2)6-10(11)14-13(15)16/h3-4,6-7H,5H2,1-2H3,(H,17,18). The molecule has 98 valence electrons. The maximum atomic E-state index is 10.8. The average Bonchev–Trinajstić information content (AvgIpc) is 2.87. The van der Waals surface area contributed by atoms with Gasteiger partial charge in [-0.25, -0.2) is 4.98 Å². The van der Waals surface area contributed by atoms with E-state index < -0.39 is 5.97 Å². The molecule has 0 atom stereocenters. The molecule has 3 aromatic rings. The van der Waals surface area contributed by atoms with Crippen molar-refractivity contribution in [3.05, 3.63) is 30.1 Å². The summed E-state index contributed by atoms with van der Waals surface area (Å²) in [7, 11) is 3.43. The second-order valence-corrected chi connectivity index (χ2v) is 4.39. The molecule has 1 N–H and O–H groups in total. The third-order valence-electron chi connectivity index (χ3n) is 3.22. The van der Waals surface area contributed by atoms with Crippen LogP contribution in [0, 0.1) is 0 Å². The van der Waals surface area contributed by atoms with Gasteiger partial charge in [-0.15, -0.1) is 0 Å². The first kappa shape index (κ1) is 11.6. The second-order valence-electron chi connectivity index (χ2n) is 4.39. The van der Waals surface area contributed by atoms with Crippen molar-refractivity contribution in [2.45, 2.75) is 6.42 Å². The molecule has 0 saturated carbocycles. The molecule has 19 heavy (non-hydrogen) atoms. The molecule has 6 heteroatoms. The molecule has 6 nitrogen and oxygen atoms in total. The van der Waals surface area contributed by atoms with Crippen molar-refractivity contribution in [1.29, 1.82) is 0 Å². The number of carboxylic acids is 1. The summed E-state index contributed by atoms with van der Waals surface area (Å²) in [6.45, 7) is 0. The first-order chi connectivity index (χ1) is 9.10. The summed E-state index contributed by atoms with van der Waals surface area (Å²) in [6, 6.07) is 5.64. The van der Waals surface area contributed by atoms with E-state index in [0.717, 1.165) is 22.6 Å². The number of nitrogens with zero attached hydrogens (tertiary/aromatic N) is 3. The SMILES string of the molecule is COc1ccc2c(c1)nc1n(C)c(CC(=O)O)cn21. The zero-order valence-corrected chi connectivity index (χ0v) is 10.6. The van der Waals surface area contributed by atoms with Crippen molar-refractivity contribution in [3.8, 4) is 5.75 Å². The third-order valence-corrected chi connectivity index (χ3v) is 3.22. The maximum absolute atomic E-state index is 10.8. The molecule has 0 fully saturated rings. The zero-order chi connectivity index (χ0) is 13.6. The number of hydrogen-bond acceptors (Lipinski definition) is 3. The lowest BCUT2D eigenvalue weighted by Crippen LogP contribution is -2.05. The van der Waals surface area contributed by atoms with E-state index in [1.165, 1.54) is 0 Å². The van der Waals surface area contributed by atoms with E-state index in [9.17, 15) is 4.79 Å². The van der Waals surface area contributed by atoms with Crippen LogP contribution in [0.1, 0.15) is 5.69 Å². The van der Waals surface area contributed by atoms with Crippen molar-refractivity contribution in [2.24, 2.45) is 7.05 Å². The van der Waals surface area contributed by atoms with E-state index in [0.29, 0.717) is 5.69 Å². The van der Waals surface area contributed by atoms with Crippen LogP contribution in [0.25, 0.3) is 16.8 Å². The summed E-state index contributed by atoms with van der Waals surface area (Å²) >= 11 is 0. The number of imidazole rings is 2. The molecule has 1 aromatic carbocycles. The van der Waals surface area contributed by atoms with E-state index in [-0.39, 0.29) is 6.42 Å². The Morgan fingerprint density at radius 1 is 1.47 bits per heavy atom. The van der Waals surface area contributed by atoms with Crippen LogP contribution in [-0.2, 0) is 18.3 Å². The highest BCUT2D eigenvalue weighted by Crippen LogP contribution is 2.23.